The summed E-state index contributed by atoms with van der Waals surface area (Å²) in [6.45, 7) is 1.86. The predicted molar refractivity (Wildman–Crippen MR) is 68.5 cm³/mol. The fourth-order valence-corrected chi connectivity index (χ4v) is 1.90. The first-order valence-corrected chi connectivity index (χ1v) is 6.89. The van der Waals surface area contributed by atoms with E-state index in [0.29, 0.717) is 0 Å². The SMILES string of the molecule is CC(O)CCCCCCCCCCCC=O. The van der Waals surface area contributed by atoms with Crippen LogP contribution in [0.2, 0.25) is 0 Å². The second-order valence-corrected chi connectivity index (χ2v) is 4.78. The van der Waals surface area contributed by atoms with Crippen molar-refractivity contribution in [3.63, 3.8) is 0 Å². The molecule has 1 N–H and O–H groups in total. The second kappa shape index (κ2) is 12.7. The van der Waals surface area contributed by atoms with Gasteiger partial charge >= 0.3 is 0 Å². The normalized spacial score (nSPS) is 12.6. The summed E-state index contributed by atoms with van der Waals surface area (Å²) in [4.78, 5) is 10.1. The first kappa shape index (κ1) is 15.6. The number of hydrogen-bond donors (Lipinski definition) is 1. The smallest absolute Gasteiger partial charge is 0.119 e. The Morgan fingerprint density at radius 3 is 1.75 bits per heavy atom. The van der Waals surface area contributed by atoms with Gasteiger partial charge in [0.15, 0.2) is 0 Å². The van der Waals surface area contributed by atoms with Crippen molar-refractivity contribution in [3.8, 4) is 0 Å². The van der Waals surface area contributed by atoms with Crippen LogP contribution in [0.5, 0.6) is 0 Å². The van der Waals surface area contributed by atoms with E-state index in [1.54, 1.807) is 0 Å². The summed E-state index contributed by atoms with van der Waals surface area (Å²) in [5.41, 5.74) is 0. The molecule has 0 aliphatic heterocycles. The van der Waals surface area contributed by atoms with Crippen molar-refractivity contribution < 1.29 is 9.90 Å². The van der Waals surface area contributed by atoms with Gasteiger partial charge in [0.25, 0.3) is 0 Å². The summed E-state index contributed by atoms with van der Waals surface area (Å²) < 4.78 is 0. The van der Waals surface area contributed by atoms with Crippen LogP contribution in [0.4, 0.5) is 0 Å². The molecule has 0 saturated carbocycles. The molecular weight excluding hydrogens is 200 g/mol. The Morgan fingerprint density at radius 2 is 1.31 bits per heavy atom. The van der Waals surface area contributed by atoms with Crippen molar-refractivity contribution in [1.29, 1.82) is 0 Å². The number of aldehydes is 1. The molecule has 1 unspecified atom stereocenters. The summed E-state index contributed by atoms with van der Waals surface area (Å²) in [6.07, 6.45) is 13.8. The van der Waals surface area contributed by atoms with Crippen LogP contribution in [-0.4, -0.2) is 17.5 Å². The van der Waals surface area contributed by atoms with Gasteiger partial charge < -0.3 is 9.90 Å². The lowest BCUT2D eigenvalue weighted by molar-refractivity contribution is -0.107. The standard InChI is InChI=1S/C14H28O2/c1-14(16)12-10-8-6-4-2-3-5-7-9-11-13-15/h13-14,16H,2-12H2,1H3. The minimum Gasteiger partial charge on any atom is -0.393 e. The van der Waals surface area contributed by atoms with E-state index >= 15 is 0 Å². The molecule has 0 fully saturated rings. The molecule has 2 heteroatoms. The number of aliphatic hydroxyl groups excluding tert-OH is 1. The van der Waals surface area contributed by atoms with Gasteiger partial charge in [-0.25, -0.2) is 0 Å². The minimum atomic E-state index is -0.127. The number of aliphatic hydroxyl groups is 1. The first-order chi connectivity index (χ1) is 7.77. The largest absolute Gasteiger partial charge is 0.393 e. The van der Waals surface area contributed by atoms with Crippen molar-refractivity contribution in [2.75, 3.05) is 0 Å². The Balaban J connectivity index is 2.90. The van der Waals surface area contributed by atoms with E-state index in [1.165, 1.54) is 44.9 Å². The highest BCUT2D eigenvalue weighted by atomic mass is 16.3. The minimum absolute atomic E-state index is 0.127. The molecule has 96 valence electrons. The first-order valence-electron chi connectivity index (χ1n) is 6.89. The third-order valence-corrected chi connectivity index (χ3v) is 2.94. The second-order valence-electron chi connectivity index (χ2n) is 4.78. The monoisotopic (exact) mass is 228 g/mol. The Kier molecular flexibility index (Phi) is 12.4. The van der Waals surface area contributed by atoms with E-state index in [9.17, 15) is 4.79 Å². The molecule has 0 aromatic rings. The molecule has 0 radical (unpaired) electrons. The highest BCUT2D eigenvalue weighted by molar-refractivity contribution is 5.48. The van der Waals surface area contributed by atoms with E-state index in [-0.39, 0.29) is 6.10 Å². The Hall–Kier alpha value is -0.370. The lowest BCUT2D eigenvalue weighted by Crippen LogP contribution is -1.98. The van der Waals surface area contributed by atoms with Crippen LogP contribution in [-0.2, 0) is 4.79 Å². The molecule has 0 aliphatic rings. The molecule has 0 amide bonds. The van der Waals surface area contributed by atoms with Crippen molar-refractivity contribution in [3.05, 3.63) is 0 Å². The molecule has 0 aromatic carbocycles. The topological polar surface area (TPSA) is 37.3 Å². The van der Waals surface area contributed by atoms with Gasteiger partial charge in [0.2, 0.25) is 0 Å². The fourth-order valence-electron chi connectivity index (χ4n) is 1.90. The molecule has 16 heavy (non-hydrogen) atoms. The fraction of sp³-hybridized carbons (Fsp3) is 0.929. The van der Waals surface area contributed by atoms with Crippen LogP contribution >= 0.6 is 0 Å². The van der Waals surface area contributed by atoms with Gasteiger partial charge in [0.05, 0.1) is 6.10 Å². The van der Waals surface area contributed by atoms with E-state index in [2.05, 4.69) is 0 Å². The number of carbonyl (C=O) groups is 1. The van der Waals surface area contributed by atoms with Gasteiger partial charge in [0, 0.05) is 6.42 Å². The van der Waals surface area contributed by atoms with Crippen LogP contribution in [0, 0.1) is 0 Å². The highest BCUT2D eigenvalue weighted by Gasteiger charge is 1.96. The zero-order valence-corrected chi connectivity index (χ0v) is 10.8. The van der Waals surface area contributed by atoms with Crippen LogP contribution in [0.3, 0.4) is 0 Å². The van der Waals surface area contributed by atoms with Crippen LogP contribution < -0.4 is 0 Å². The summed E-state index contributed by atoms with van der Waals surface area (Å²) in [7, 11) is 0. The molecule has 0 saturated heterocycles. The lowest BCUT2D eigenvalue weighted by Gasteiger charge is -2.04. The van der Waals surface area contributed by atoms with Gasteiger partial charge in [-0.3, -0.25) is 0 Å². The molecule has 0 aromatic heterocycles. The summed E-state index contributed by atoms with van der Waals surface area (Å²) in [5.74, 6) is 0. The van der Waals surface area contributed by atoms with Gasteiger partial charge in [-0.15, -0.1) is 0 Å². The maximum Gasteiger partial charge on any atom is 0.119 e. The van der Waals surface area contributed by atoms with E-state index in [4.69, 9.17) is 5.11 Å². The average molecular weight is 228 g/mol. The quantitative estimate of drug-likeness (QED) is 0.407. The van der Waals surface area contributed by atoms with E-state index < -0.39 is 0 Å². The molecule has 0 rings (SSSR count). The number of carbonyl (C=O) groups excluding carboxylic acids is 1. The Morgan fingerprint density at radius 1 is 0.875 bits per heavy atom. The maximum absolute atomic E-state index is 10.1. The van der Waals surface area contributed by atoms with Crippen LogP contribution in [0.25, 0.3) is 0 Å². The predicted octanol–water partition coefficient (Wildman–Crippen LogP) is 3.86. The molecule has 0 spiro atoms. The van der Waals surface area contributed by atoms with Gasteiger partial charge in [-0.05, 0) is 19.8 Å². The average Bonchev–Trinajstić information content (AvgIpc) is 2.25. The van der Waals surface area contributed by atoms with Gasteiger partial charge in [0.1, 0.15) is 6.29 Å². The maximum atomic E-state index is 10.1. The van der Waals surface area contributed by atoms with Crippen molar-refractivity contribution in [1.82, 2.24) is 0 Å². The third kappa shape index (κ3) is 13.6. The van der Waals surface area contributed by atoms with Crippen molar-refractivity contribution >= 4 is 6.29 Å². The molecule has 2 nitrogen and oxygen atoms in total. The number of unbranched alkanes of at least 4 members (excludes halogenated alkanes) is 9. The molecule has 1 atom stereocenters. The summed E-state index contributed by atoms with van der Waals surface area (Å²) in [5, 5.41) is 9.07. The van der Waals surface area contributed by atoms with E-state index in [1.807, 2.05) is 6.92 Å². The Bertz CT molecular complexity index is 144. The van der Waals surface area contributed by atoms with Crippen LogP contribution in [0.15, 0.2) is 0 Å². The number of hydrogen-bond acceptors (Lipinski definition) is 2. The molecule has 0 bridgehead atoms. The Labute approximate surface area is 100 Å². The third-order valence-electron chi connectivity index (χ3n) is 2.94. The zero-order valence-electron chi connectivity index (χ0n) is 10.8. The molecule has 0 aliphatic carbocycles. The van der Waals surface area contributed by atoms with Crippen molar-refractivity contribution in [2.45, 2.75) is 83.7 Å². The highest BCUT2D eigenvalue weighted by Crippen LogP contribution is 2.11. The summed E-state index contributed by atoms with van der Waals surface area (Å²) in [6, 6.07) is 0. The number of rotatable bonds is 12. The van der Waals surface area contributed by atoms with Crippen molar-refractivity contribution in [2.24, 2.45) is 0 Å². The van der Waals surface area contributed by atoms with Gasteiger partial charge in [-0.1, -0.05) is 51.4 Å². The lowest BCUT2D eigenvalue weighted by atomic mass is 10.1. The van der Waals surface area contributed by atoms with Crippen LogP contribution in [0.1, 0.15) is 77.6 Å². The summed E-state index contributed by atoms with van der Waals surface area (Å²) >= 11 is 0. The molecule has 0 heterocycles. The van der Waals surface area contributed by atoms with Gasteiger partial charge in [-0.2, -0.15) is 0 Å². The molecular formula is C14H28O2. The van der Waals surface area contributed by atoms with E-state index in [0.717, 1.165) is 32.0 Å². The zero-order chi connectivity index (χ0) is 12.1.